The second-order valence-electron chi connectivity index (χ2n) is 5.73. The van der Waals surface area contributed by atoms with E-state index in [0.717, 1.165) is 10.9 Å². The molecule has 27 heavy (non-hydrogen) atoms. The van der Waals surface area contributed by atoms with Gasteiger partial charge in [-0.1, -0.05) is 5.16 Å². The van der Waals surface area contributed by atoms with Crippen LogP contribution in [0.15, 0.2) is 58.9 Å². The van der Waals surface area contributed by atoms with Gasteiger partial charge in [0.05, 0.1) is 16.3 Å². The summed E-state index contributed by atoms with van der Waals surface area (Å²) in [6, 6.07) is 11.7. The number of hydrogen-bond acceptors (Lipinski definition) is 8. The van der Waals surface area contributed by atoms with Gasteiger partial charge in [-0.2, -0.15) is 5.10 Å². The molecule has 9 nitrogen and oxygen atoms in total. The Hall–Kier alpha value is -3.88. The van der Waals surface area contributed by atoms with Gasteiger partial charge in [0.1, 0.15) is 0 Å². The fourth-order valence-electron chi connectivity index (χ4n) is 2.36. The van der Waals surface area contributed by atoms with Crippen LogP contribution < -0.4 is 5.43 Å². The second kappa shape index (κ2) is 7.56. The van der Waals surface area contributed by atoms with Crippen LogP contribution in [0.5, 0.6) is 0 Å². The lowest BCUT2D eigenvalue weighted by Gasteiger charge is -2.10. The fourth-order valence-corrected chi connectivity index (χ4v) is 2.36. The molecule has 0 radical (unpaired) electrons. The summed E-state index contributed by atoms with van der Waals surface area (Å²) in [6.45, 7) is 3.31. The Bertz CT molecular complexity index is 1060. The van der Waals surface area contributed by atoms with Crippen molar-refractivity contribution in [2.45, 2.75) is 13.8 Å². The molecule has 0 unspecified atom stereocenters. The number of nitro benzene ring substituents is 1. The summed E-state index contributed by atoms with van der Waals surface area (Å²) >= 11 is 0. The Labute approximate surface area is 154 Å². The van der Waals surface area contributed by atoms with Crippen LogP contribution in [0.2, 0.25) is 0 Å². The lowest BCUT2D eigenvalue weighted by atomic mass is 10.0. The smallest absolute Gasteiger partial charge is 0.269 e. The van der Waals surface area contributed by atoms with E-state index in [9.17, 15) is 10.1 Å². The van der Waals surface area contributed by atoms with Crippen molar-refractivity contribution in [3.05, 3.63) is 58.8 Å². The molecular formula is C18H16N6O3. The van der Waals surface area contributed by atoms with Gasteiger partial charge in [-0.3, -0.25) is 15.5 Å². The Morgan fingerprint density at radius 1 is 1.19 bits per heavy atom. The number of non-ortho nitro benzene ring substituents is 1. The minimum Gasteiger partial charge on any atom is -0.411 e. The predicted octanol–water partition coefficient (Wildman–Crippen LogP) is 3.84. The van der Waals surface area contributed by atoms with E-state index in [2.05, 4.69) is 25.7 Å². The number of anilines is 1. The molecule has 0 bridgehead atoms. The Morgan fingerprint density at radius 2 is 1.93 bits per heavy atom. The van der Waals surface area contributed by atoms with Gasteiger partial charge in [-0.05, 0) is 49.7 Å². The third-order valence-electron chi connectivity index (χ3n) is 3.98. The summed E-state index contributed by atoms with van der Waals surface area (Å²) in [5, 5.41) is 27.8. The quantitative estimate of drug-likeness (QED) is 0.306. The average molecular weight is 364 g/mol. The number of nitrogens with one attached hydrogen (secondary N) is 1. The van der Waals surface area contributed by atoms with E-state index >= 15 is 0 Å². The molecule has 2 heterocycles. The van der Waals surface area contributed by atoms with Crippen LogP contribution in [-0.4, -0.2) is 31.5 Å². The van der Waals surface area contributed by atoms with Gasteiger partial charge < -0.3 is 5.21 Å². The maximum absolute atomic E-state index is 10.9. The summed E-state index contributed by atoms with van der Waals surface area (Å²) in [5.41, 5.74) is 5.70. The summed E-state index contributed by atoms with van der Waals surface area (Å²) in [5.74, 6) is 0.431. The third-order valence-corrected chi connectivity index (χ3v) is 3.98. The van der Waals surface area contributed by atoms with Crippen LogP contribution in [0, 0.1) is 10.1 Å². The van der Waals surface area contributed by atoms with Crippen LogP contribution >= 0.6 is 0 Å². The topological polar surface area (TPSA) is 126 Å². The number of hydrazone groups is 1. The normalized spacial score (nSPS) is 12.2. The van der Waals surface area contributed by atoms with Crippen LogP contribution in [0.4, 0.5) is 11.5 Å². The molecule has 0 atom stereocenters. The van der Waals surface area contributed by atoms with Crippen LogP contribution in [-0.2, 0) is 0 Å². The van der Waals surface area contributed by atoms with Crippen molar-refractivity contribution in [2.75, 3.05) is 5.43 Å². The standard InChI is InChI=1S/C18H16N6O3/c1-11(12(2)23-25)21-22-18-16(10-14-4-3-9-19-17(14)20-18)13-5-7-15(8-6-13)24(26)27/h3-10,25H,1-2H3,(H,19,20,22)/b21-11+,23-12+. The van der Waals surface area contributed by atoms with Gasteiger partial charge in [-0.25, -0.2) is 9.97 Å². The number of aromatic nitrogens is 2. The van der Waals surface area contributed by atoms with Crippen molar-refractivity contribution in [2.24, 2.45) is 10.3 Å². The first-order valence-electron chi connectivity index (χ1n) is 7.99. The molecule has 0 aliphatic carbocycles. The number of oxime groups is 1. The molecule has 2 aromatic heterocycles. The third kappa shape index (κ3) is 3.87. The molecule has 3 rings (SSSR count). The highest BCUT2D eigenvalue weighted by Crippen LogP contribution is 2.30. The Morgan fingerprint density at radius 3 is 2.59 bits per heavy atom. The minimum atomic E-state index is -0.448. The van der Waals surface area contributed by atoms with Gasteiger partial charge in [0.25, 0.3) is 5.69 Å². The van der Waals surface area contributed by atoms with E-state index in [1.54, 1.807) is 38.2 Å². The van der Waals surface area contributed by atoms with E-state index in [4.69, 9.17) is 5.21 Å². The summed E-state index contributed by atoms with van der Waals surface area (Å²) < 4.78 is 0. The molecule has 136 valence electrons. The van der Waals surface area contributed by atoms with Crippen molar-refractivity contribution < 1.29 is 10.1 Å². The fraction of sp³-hybridized carbons (Fsp3) is 0.111. The van der Waals surface area contributed by atoms with Gasteiger partial charge in [-0.15, -0.1) is 0 Å². The average Bonchev–Trinajstić information content (AvgIpc) is 2.70. The molecule has 0 aliphatic heterocycles. The summed E-state index contributed by atoms with van der Waals surface area (Å²) in [4.78, 5) is 19.2. The van der Waals surface area contributed by atoms with Crippen LogP contribution in [0.1, 0.15) is 13.8 Å². The maximum atomic E-state index is 10.9. The highest BCUT2D eigenvalue weighted by atomic mass is 16.6. The van der Waals surface area contributed by atoms with Crippen molar-refractivity contribution in [1.82, 2.24) is 9.97 Å². The molecule has 1 aromatic carbocycles. The van der Waals surface area contributed by atoms with Crippen LogP contribution in [0.25, 0.3) is 22.2 Å². The van der Waals surface area contributed by atoms with E-state index in [1.807, 2.05) is 12.1 Å². The molecule has 0 amide bonds. The SMILES string of the molecule is CC(=N\O)/C(C)=N/Nc1nc2ncccc2cc1-c1ccc([N+](=O)[O-])cc1. The first-order valence-corrected chi connectivity index (χ1v) is 7.99. The molecule has 0 fully saturated rings. The van der Waals surface area contributed by atoms with Crippen molar-refractivity contribution in [3.8, 4) is 11.1 Å². The zero-order valence-electron chi connectivity index (χ0n) is 14.6. The van der Waals surface area contributed by atoms with Crippen molar-refractivity contribution in [3.63, 3.8) is 0 Å². The highest BCUT2D eigenvalue weighted by molar-refractivity contribution is 6.40. The first kappa shape index (κ1) is 17.9. The number of nitro groups is 1. The molecule has 0 saturated carbocycles. The molecule has 0 spiro atoms. The molecule has 0 saturated heterocycles. The monoisotopic (exact) mass is 364 g/mol. The van der Waals surface area contributed by atoms with E-state index in [-0.39, 0.29) is 5.69 Å². The van der Waals surface area contributed by atoms with Gasteiger partial charge in [0.15, 0.2) is 11.5 Å². The Kier molecular flexibility index (Phi) is 5.02. The number of rotatable bonds is 5. The maximum Gasteiger partial charge on any atom is 0.269 e. The largest absolute Gasteiger partial charge is 0.411 e. The first-order chi connectivity index (χ1) is 13.0. The van der Waals surface area contributed by atoms with E-state index in [0.29, 0.717) is 28.5 Å². The zero-order valence-corrected chi connectivity index (χ0v) is 14.6. The van der Waals surface area contributed by atoms with Gasteiger partial charge in [0, 0.05) is 29.3 Å². The lowest BCUT2D eigenvalue weighted by molar-refractivity contribution is -0.384. The summed E-state index contributed by atoms with van der Waals surface area (Å²) in [6.07, 6.45) is 1.64. The van der Waals surface area contributed by atoms with Crippen molar-refractivity contribution >= 4 is 34.0 Å². The van der Waals surface area contributed by atoms with Crippen LogP contribution in [0.3, 0.4) is 0 Å². The zero-order chi connectivity index (χ0) is 19.4. The number of pyridine rings is 2. The highest BCUT2D eigenvalue weighted by Gasteiger charge is 2.12. The van der Waals surface area contributed by atoms with Crippen molar-refractivity contribution in [1.29, 1.82) is 0 Å². The number of nitrogens with zero attached hydrogens (tertiary/aromatic N) is 5. The Balaban J connectivity index is 2.10. The summed E-state index contributed by atoms with van der Waals surface area (Å²) in [7, 11) is 0. The molecule has 2 N–H and O–H groups in total. The van der Waals surface area contributed by atoms with E-state index in [1.165, 1.54) is 12.1 Å². The molecule has 9 heteroatoms. The lowest BCUT2D eigenvalue weighted by Crippen LogP contribution is -2.09. The second-order valence-corrected chi connectivity index (χ2v) is 5.73. The van der Waals surface area contributed by atoms with Gasteiger partial charge in [0.2, 0.25) is 0 Å². The molecular weight excluding hydrogens is 348 g/mol. The minimum absolute atomic E-state index is 0.00678. The number of benzene rings is 1. The van der Waals surface area contributed by atoms with Gasteiger partial charge >= 0.3 is 0 Å². The number of fused-ring (bicyclic) bond motifs is 1. The number of hydrogen-bond donors (Lipinski definition) is 2. The molecule has 0 aliphatic rings. The van der Waals surface area contributed by atoms with E-state index < -0.39 is 4.92 Å². The predicted molar refractivity (Wildman–Crippen MR) is 103 cm³/mol. The molecule has 3 aromatic rings.